The SMILES string of the molecule is O=C=NN1CCC(c2ccccc2)CC1. The third-order valence-corrected chi connectivity index (χ3v) is 2.92. The van der Waals surface area contributed by atoms with Gasteiger partial charge in [0.25, 0.3) is 6.08 Å². The maximum Gasteiger partial charge on any atom is 0.258 e. The van der Waals surface area contributed by atoms with Crippen molar-refractivity contribution in [3.8, 4) is 0 Å². The van der Waals surface area contributed by atoms with Gasteiger partial charge in [-0.25, -0.2) is 4.79 Å². The third kappa shape index (κ3) is 2.45. The second kappa shape index (κ2) is 4.76. The Balaban J connectivity index is 1.97. The average molecular weight is 202 g/mol. The number of hydrogen-bond acceptors (Lipinski definition) is 3. The topological polar surface area (TPSA) is 32.7 Å². The molecule has 0 amide bonds. The summed E-state index contributed by atoms with van der Waals surface area (Å²) in [7, 11) is 0. The second-order valence-electron chi connectivity index (χ2n) is 3.83. The number of hydrazone groups is 1. The summed E-state index contributed by atoms with van der Waals surface area (Å²) in [4.78, 5) is 10.1. The molecule has 1 heterocycles. The molecule has 0 N–H and O–H groups in total. The van der Waals surface area contributed by atoms with Gasteiger partial charge in [-0.15, -0.1) is 0 Å². The Morgan fingerprint density at radius 1 is 1.20 bits per heavy atom. The van der Waals surface area contributed by atoms with Crippen molar-refractivity contribution in [1.29, 1.82) is 0 Å². The molecule has 1 saturated heterocycles. The van der Waals surface area contributed by atoms with Crippen LogP contribution >= 0.6 is 0 Å². The minimum Gasteiger partial charge on any atom is -0.286 e. The lowest BCUT2D eigenvalue weighted by Gasteiger charge is -2.28. The van der Waals surface area contributed by atoms with Crippen LogP contribution in [0.4, 0.5) is 0 Å². The molecule has 0 spiro atoms. The molecule has 0 aromatic heterocycles. The van der Waals surface area contributed by atoms with Gasteiger partial charge in [-0.05, 0) is 24.3 Å². The van der Waals surface area contributed by atoms with Gasteiger partial charge in [0.15, 0.2) is 0 Å². The number of rotatable bonds is 2. The molecule has 15 heavy (non-hydrogen) atoms. The van der Waals surface area contributed by atoms with Crippen LogP contribution in [0.3, 0.4) is 0 Å². The van der Waals surface area contributed by atoms with Crippen molar-refractivity contribution in [2.45, 2.75) is 18.8 Å². The van der Waals surface area contributed by atoms with Gasteiger partial charge >= 0.3 is 0 Å². The third-order valence-electron chi connectivity index (χ3n) is 2.92. The summed E-state index contributed by atoms with van der Waals surface area (Å²) in [6.45, 7) is 1.71. The number of nitrogens with zero attached hydrogens (tertiary/aromatic N) is 2. The molecule has 3 nitrogen and oxygen atoms in total. The normalized spacial score (nSPS) is 17.2. The lowest BCUT2D eigenvalue weighted by molar-refractivity contribution is 0.220. The summed E-state index contributed by atoms with van der Waals surface area (Å²) in [5.41, 5.74) is 1.40. The van der Waals surface area contributed by atoms with Crippen LogP contribution < -0.4 is 0 Å². The van der Waals surface area contributed by atoms with E-state index < -0.39 is 0 Å². The van der Waals surface area contributed by atoms with Crippen LogP contribution in [-0.2, 0) is 4.79 Å². The molecule has 78 valence electrons. The van der Waals surface area contributed by atoms with Gasteiger partial charge in [0.2, 0.25) is 0 Å². The van der Waals surface area contributed by atoms with Crippen LogP contribution in [0.2, 0.25) is 0 Å². The van der Waals surface area contributed by atoms with Crippen LogP contribution in [0, 0.1) is 0 Å². The van der Waals surface area contributed by atoms with E-state index in [1.807, 2.05) is 6.07 Å². The molecule has 2 rings (SSSR count). The van der Waals surface area contributed by atoms with E-state index in [0.29, 0.717) is 5.92 Å². The van der Waals surface area contributed by atoms with E-state index in [0.717, 1.165) is 25.9 Å². The van der Waals surface area contributed by atoms with Crippen LogP contribution in [0.5, 0.6) is 0 Å². The molecule has 0 atom stereocenters. The Bertz CT molecular complexity index is 349. The largest absolute Gasteiger partial charge is 0.286 e. The van der Waals surface area contributed by atoms with E-state index in [1.165, 1.54) is 5.56 Å². The lowest BCUT2D eigenvalue weighted by atomic mass is 9.90. The van der Waals surface area contributed by atoms with Crippen LogP contribution in [0.1, 0.15) is 24.3 Å². The molecule has 0 bridgehead atoms. The first-order valence-corrected chi connectivity index (χ1v) is 5.28. The summed E-state index contributed by atoms with van der Waals surface area (Å²) < 4.78 is 0. The minimum atomic E-state index is 0.615. The zero-order chi connectivity index (χ0) is 10.5. The Morgan fingerprint density at radius 3 is 2.47 bits per heavy atom. The fourth-order valence-corrected chi connectivity index (χ4v) is 2.08. The second-order valence-corrected chi connectivity index (χ2v) is 3.83. The van der Waals surface area contributed by atoms with Gasteiger partial charge in [0, 0.05) is 13.1 Å². The first-order chi connectivity index (χ1) is 7.40. The van der Waals surface area contributed by atoms with Crippen LogP contribution in [0.15, 0.2) is 35.4 Å². The molecule has 1 aliphatic rings. The Kier molecular flexibility index (Phi) is 3.15. The summed E-state index contributed by atoms with van der Waals surface area (Å²) in [5, 5.41) is 5.44. The van der Waals surface area contributed by atoms with Crippen molar-refractivity contribution in [2.75, 3.05) is 13.1 Å². The van der Waals surface area contributed by atoms with Gasteiger partial charge in [-0.3, -0.25) is 5.01 Å². The van der Waals surface area contributed by atoms with Gasteiger partial charge in [-0.2, -0.15) is 0 Å². The lowest BCUT2D eigenvalue weighted by Crippen LogP contribution is -2.28. The van der Waals surface area contributed by atoms with E-state index in [2.05, 4.69) is 29.4 Å². The fraction of sp³-hybridized carbons (Fsp3) is 0.417. The van der Waals surface area contributed by atoms with E-state index >= 15 is 0 Å². The predicted octanol–water partition coefficient (Wildman–Crippen LogP) is 2.12. The molecular formula is C12H14N2O. The van der Waals surface area contributed by atoms with Crippen molar-refractivity contribution in [1.82, 2.24) is 5.01 Å². The van der Waals surface area contributed by atoms with E-state index in [9.17, 15) is 4.79 Å². The molecule has 1 aromatic carbocycles. The standard InChI is InChI=1S/C12H14N2O/c15-10-13-14-8-6-12(7-9-14)11-4-2-1-3-5-11/h1-5,12H,6-9H2. The van der Waals surface area contributed by atoms with E-state index in [4.69, 9.17) is 0 Å². The summed E-state index contributed by atoms with van der Waals surface area (Å²) in [5.74, 6) is 0.615. The van der Waals surface area contributed by atoms with Crippen molar-refractivity contribution in [3.05, 3.63) is 35.9 Å². The van der Waals surface area contributed by atoms with Crippen molar-refractivity contribution in [2.24, 2.45) is 5.10 Å². The summed E-state index contributed by atoms with van der Waals surface area (Å²) >= 11 is 0. The first-order valence-electron chi connectivity index (χ1n) is 5.28. The highest BCUT2D eigenvalue weighted by atomic mass is 16.1. The van der Waals surface area contributed by atoms with Crippen LogP contribution in [-0.4, -0.2) is 24.2 Å². The molecule has 0 unspecified atom stereocenters. The molecule has 0 saturated carbocycles. The van der Waals surface area contributed by atoms with Crippen LogP contribution in [0.25, 0.3) is 0 Å². The van der Waals surface area contributed by atoms with Crippen molar-refractivity contribution < 1.29 is 4.79 Å². The highest BCUT2D eigenvalue weighted by Crippen LogP contribution is 2.27. The van der Waals surface area contributed by atoms with Crippen molar-refractivity contribution >= 4 is 6.08 Å². The Hall–Kier alpha value is -1.60. The molecular weight excluding hydrogens is 188 g/mol. The predicted molar refractivity (Wildman–Crippen MR) is 58.1 cm³/mol. The smallest absolute Gasteiger partial charge is 0.258 e. The maximum absolute atomic E-state index is 10.1. The zero-order valence-corrected chi connectivity index (χ0v) is 8.60. The average Bonchev–Trinajstić information content (AvgIpc) is 2.32. The first kappa shape index (κ1) is 9.94. The van der Waals surface area contributed by atoms with Gasteiger partial charge in [0.1, 0.15) is 0 Å². The molecule has 0 aliphatic carbocycles. The number of piperidine rings is 1. The highest BCUT2D eigenvalue weighted by Gasteiger charge is 2.19. The quantitative estimate of drug-likeness (QED) is 0.543. The highest BCUT2D eigenvalue weighted by molar-refractivity contribution is 5.32. The maximum atomic E-state index is 10.1. The number of isocyanates is 1. The molecule has 3 heteroatoms. The molecule has 0 radical (unpaired) electrons. The molecule has 1 aromatic rings. The van der Waals surface area contributed by atoms with Gasteiger partial charge in [0.05, 0.1) is 0 Å². The Morgan fingerprint density at radius 2 is 1.87 bits per heavy atom. The number of hydrogen-bond donors (Lipinski definition) is 0. The monoisotopic (exact) mass is 202 g/mol. The van der Waals surface area contributed by atoms with E-state index in [1.54, 1.807) is 11.1 Å². The summed E-state index contributed by atoms with van der Waals surface area (Å²) in [6.07, 6.45) is 3.72. The zero-order valence-electron chi connectivity index (χ0n) is 8.60. The molecule has 1 aliphatic heterocycles. The van der Waals surface area contributed by atoms with Gasteiger partial charge < -0.3 is 0 Å². The van der Waals surface area contributed by atoms with Gasteiger partial charge in [-0.1, -0.05) is 35.4 Å². The summed E-state index contributed by atoms with van der Waals surface area (Å²) in [6, 6.07) is 10.5. The Labute approximate surface area is 89.4 Å². The minimum absolute atomic E-state index is 0.615. The van der Waals surface area contributed by atoms with E-state index in [-0.39, 0.29) is 0 Å². The molecule has 1 fully saturated rings. The fourth-order valence-electron chi connectivity index (χ4n) is 2.08. The van der Waals surface area contributed by atoms with Crippen molar-refractivity contribution in [3.63, 3.8) is 0 Å². The number of benzene rings is 1. The number of carbonyl (C=O) groups excluding carboxylic acids is 1.